The molecular weight excluding hydrogens is 218 g/mol. The number of aromatic nitrogens is 1. The largest absolute Gasteiger partial charge is 0.300 e. The van der Waals surface area contributed by atoms with Gasteiger partial charge in [-0.1, -0.05) is 0 Å². The molecule has 82 valence electrons. The fourth-order valence-corrected chi connectivity index (χ4v) is 1.64. The molecule has 0 N–H and O–H groups in total. The summed E-state index contributed by atoms with van der Waals surface area (Å²) < 4.78 is 26.2. The van der Waals surface area contributed by atoms with Crippen LogP contribution in [0.1, 0.15) is 5.56 Å². The second kappa shape index (κ2) is 4.99. The first kappa shape index (κ1) is 11.8. The van der Waals surface area contributed by atoms with Gasteiger partial charge in [0.2, 0.25) is 0 Å². The highest BCUT2D eigenvalue weighted by molar-refractivity contribution is 7.86. The van der Waals surface area contributed by atoms with Crippen LogP contribution in [0.15, 0.2) is 24.5 Å². The van der Waals surface area contributed by atoms with Gasteiger partial charge in [-0.05, 0) is 17.7 Å². The SMILES string of the molecule is CS(=O)(=O)OC(C=O)Cc1ccncc1. The van der Waals surface area contributed by atoms with Crippen molar-refractivity contribution in [2.24, 2.45) is 0 Å². The van der Waals surface area contributed by atoms with Crippen LogP contribution in [0, 0.1) is 0 Å². The Balaban J connectivity index is 2.67. The highest BCUT2D eigenvalue weighted by Gasteiger charge is 2.14. The quantitative estimate of drug-likeness (QED) is 0.531. The predicted octanol–water partition coefficient (Wildman–Crippen LogP) is 0.168. The van der Waals surface area contributed by atoms with Crippen LogP contribution in [-0.4, -0.2) is 32.0 Å². The molecule has 1 heterocycles. The monoisotopic (exact) mass is 229 g/mol. The molecule has 0 spiro atoms. The van der Waals surface area contributed by atoms with Crippen molar-refractivity contribution in [2.75, 3.05) is 6.26 Å². The molecule has 5 nitrogen and oxygen atoms in total. The van der Waals surface area contributed by atoms with E-state index in [9.17, 15) is 13.2 Å². The Morgan fingerprint density at radius 2 is 2.07 bits per heavy atom. The predicted molar refractivity (Wildman–Crippen MR) is 53.7 cm³/mol. The van der Waals surface area contributed by atoms with Gasteiger partial charge >= 0.3 is 0 Å². The average molecular weight is 229 g/mol. The molecular formula is C9H11NO4S. The van der Waals surface area contributed by atoms with Gasteiger partial charge in [-0.25, -0.2) is 0 Å². The standard InChI is InChI=1S/C9H11NO4S/c1-15(12,13)14-9(7-11)6-8-2-4-10-5-3-8/h2-5,7,9H,6H2,1H3. The molecule has 0 aliphatic heterocycles. The Morgan fingerprint density at radius 3 is 2.53 bits per heavy atom. The van der Waals surface area contributed by atoms with Crippen molar-refractivity contribution < 1.29 is 17.4 Å². The summed E-state index contributed by atoms with van der Waals surface area (Å²) in [7, 11) is -3.60. The first-order chi connectivity index (χ1) is 7.01. The van der Waals surface area contributed by atoms with Crippen LogP contribution in [-0.2, 0) is 25.5 Å². The number of pyridine rings is 1. The highest BCUT2D eigenvalue weighted by atomic mass is 32.2. The number of carbonyl (C=O) groups is 1. The molecule has 0 radical (unpaired) electrons. The summed E-state index contributed by atoms with van der Waals surface area (Å²) in [5, 5.41) is 0. The van der Waals surface area contributed by atoms with Gasteiger partial charge in [-0.15, -0.1) is 0 Å². The Bertz CT molecular complexity index is 415. The Morgan fingerprint density at radius 1 is 1.47 bits per heavy atom. The van der Waals surface area contributed by atoms with E-state index in [1.165, 1.54) is 0 Å². The molecule has 1 unspecified atom stereocenters. The summed E-state index contributed by atoms with van der Waals surface area (Å²) in [6.07, 6.45) is 3.77. The van der Waals surface area contributed by atoms with Gasteiger partial charge in [0, 0.05) is 18.8 Å². The molecule has 1 aromatic heterocycles. The Hall–Kier alpha value is -1.27. The van der Waals surface area contributed by atoms with Crippen molar-refractivity contribution in [1.29, 1.82) is 0 Å². The van der Waals surface area contributed by atoms with E-state index in [0.717, 1.165) is 11.8 Å². The molecule has 1 aromatic rings. The zero-order valence-corrected chi connectivity index (χ0v) is 8.98. The molecule has 1 rings (SSSR count). The second-order valence-corrected chi connectivity index (χ2v) is 4.64. The molecule has 0 aliphatic carbocycles. The third-order valence-electron chi connectivity index (χ3n) is 1.64. The van der Waals surface area contributed by atoms with Gasteiger partial charge in [-0.2, -0.15) is 8.42 Å². The van der Waals surface area contributed by atoms with Crippen LogP contribution < -0.4 is 0 Å². The summed E-state index contributed by atoms with van der Waals surface area (Å²) in [6.45, 7) is 0. The van der Waals surface area contributed by atoms with Crippen LogP contribution >= 0.6 is 0 Å². The van der Waals surface area contributed by atoms with E-state index in [1.54, 1.807) is 24.5 Å². The maximum atomic E-state index is 10.8. The van der Waals surface area contributed by atoms with Gasteiger partial charge in [-0.3, -0.25) is 9.17 Å². The second-order valence-electron chi connectivity index (χ2n) is 3.03. The van der Waals surface area contributed by atoms with E-state index in [4.69, 9.17) is 0 Å². The molecule has 0 bridgehead atoms. The molecule has 0 saturated heterocycles. The summed E-state index contributed by atoms with van der Waals surface area (Å²) in [5.41, 5.74) is 0.797. The Kier molecular flexibility index (Phi) is 3.93. The zero-order chi connectivity index (χ0) is 11.3. The van der Waals surface area contributed by atoms with E-state index in [-0.39, 0.29) is 6.42 Å². The minimum Gasteiger partial charge on any atom is -0.300 e. The van der Waals surface area contributed by atoms with E-state index in [0.29, 0.717) is 6.29 Å². The van der Waals surface area contributed by atoms with Gasteiger partial charge in [0.1, 0.15) is 6.10 Å². The molecule has 0 saturated carbocycles. The third-order valence-corrected chi connectivity index (χ3v) is 2.23. The lowest BCUT2D eigenvalue weighted by molar-refractivity contribution is -0.113. The van der Waals surface area contributed by atoms with Crippen molar-refractivity contribution in [3.63, 3.8) is 0 Å². The number of carbonyl (C=O) groups excluding carboxylic acids is 1. The van der Waals surface area contributed by atoms with E-state index in [2.05, 4.69) is 9.17 Å². The average Bonchev–Trinajstić information content (AvgIpc) is 2.16. The fourth-order valence-electron chi connectivity index (χ4n) is 1.08. The smallest absolute Gasteiger partial charge is 0.265 e. The lowest BCUT2D eigenvalue weighted by atomic mass is 10.1. The minimum absolute atomic E-state index is 0.221. The lowest BCUT2D eigenvalue weighted by Gasteiger charge is -2.09. The Labute approximate surface area is 88.2 Å². The van der Waals surface area contributed by atoms with Gasteiger partial charge in [0.05, 0.1) is 6.26 Å². The molecule has 0 amide bonds. The van der Waals surface area contributed by atoms with E-state index < -0.39 is 16.2 Å². The van der Waals surface area contributed by atoms with Crippen molar-refractivity contribution in [3.05, 3.63) is 30.1 Å². The third kappa shape index (κ3) is 4.66. The van der Waals surface area contributed by atoms with Crippen LogP contribution in [0.2, 0.25) is 0 Å². The molecule has 6 heteroatoms. The molecule has 0 aromatic carbocycles. The summed E-state index contributed by atoms with van der Waals surface area (Å²) in [4.78, 5) is 14.4. The maximum Gasteiger partial charge on any atom is 0.265 e. The van der Waals surface area contributed by atoms with Crippen LogP contribution in [0.3, 0.4) is 0 Å². The van der Waals surface area contributed by atoms with Crippen molar-refractivity contribution in [3.8, 4) is 0 Å². The van der Waals surface area contributed by atoms with Crippen LogP contribution in [0.4, 0.5) is 0 Å². The topological polar surface area (TPSA) is 73.3 Å². The van der Waals surface area contributed by atoms with Crippen LogP contribution in [0.5, 0.6) is 0 Å². The van der Waals surface area contributed by atoms with Gasteiger partial charge in [0.25, 0.3) is 10.1 Å². The number of nitrogens with zero attached hydrogens (tertiary/aromatic N) is 1. The first-order valence-corrected chi connectivity index (χ1v) is 6.05. The summed E-state index contributed by atoms with van der Waals surface area (Å²) in [5.74, 6) is 0. The van der Waals surface area contributed by atoms with Crippen LogP contribution in [0.25, 0.3) is 0 Å². The number of hydrogen-bond acceptors (Lipinski definition) is 5. The van der Waals surface area contributed by atoms with Gasteiger partial charge in [0.15, 0.2) is 6.29 Å². The molecule has 0 aliphatic rings. The number of rotatable bonds is 5. The summed E-state index contributed by atoms with van der Waals surface area (Å²) >= 11 is 0. The molecule has 15 heavy (non-hydrogen) atoms. The minimum atomic E-state index is -3.60. The normalized spacial score (nSPS) is 13.4. The lowest BCUT2D eigenvalue weighted by Crippen LogP contribution is -2.21. The highest BCUT2D eigenvalue weighted by Crippen LogP contribution is 2.05. The first-order valence-electron chi connectivity index (χ1n) is 4.24. The fraction of sp³-hybridized carbons (Fsp3) is 0.333. The molecule has 0 fully saturated rings. The van der Waals surface area contributed by atoms with E-state index in [1.807, 2.05) is 0 Å². The number of hydrogen-bond donors (Lipinski definition) is 0. The van der Waals surface area contributed by atoms with Gasteiger partial charge < -0.3 is 4.79 Å². The number of aldehydes is 1. The van der Waals surface area contributed by atoms with E-state index >= 15 is 0 Å². The maximum absolute atomic E-state index is 10.8. The van der Waals surface area contributed by atoms with Crippen molar-refractivity contribution >= 4 is 16.4 Å². The summed E-state index contributed by atoms with van der Waals surface area (Å²) in [6, 6.07) is 3.39. The van der Waals surface area contributed by atoms with Crippen molar-refractivity contribution in [1.82, 2.24) is 4.98 Å². The van der Waals surface area contributed by atoms with Crippen molar-refractivity contribution in [2.45, 2.75) is 12.5 Å². The zero-order valence-electron chi connectivity index (χ0n) is 8.16. The molecule has 1 atom stereocenters.